The Hall–Kier alpha value is -3.19. The molecule has 1 aliphatic rings. The van der Waals surface area contributed by atoms with E-state index in [0.29, 0.717) is 11.5 Å². The molecule has 6 nitrogen and oxygen atoms in total. The zero-order valence-corrected chi connectivity index (χ0v) is 16.8. The first kappa shape index (κ1) is 19.1. The highest BCUT2D eigenvalue weighted by Crippen LogP contribution is 2.28. The fourth-order valence-corrected chi connectivity index (χ4v) is 4.25. The van der Waals surface area contributed by atoms with Crippen LogP contribution in [0.4, 0.5) is 11.4 Å². The molecule has 1 aliphatic carbocycles. The van der Waals surface area contributed by atoms with E-state index in [2.05, 4.69) is 17.4 Å². The first-order valence-electron chi connectivity index (χ1n) is 9.38. The maximum atomic E-state index is 12.5. The van der Waals surface area contributed by atoms with E-state index >= 15 is 0 Å². The van der Waals surface area contributed by atoms with Crippen molar-refractivity contribution in [2.75, 3.05) is 5.32 Å². The number of benzene rings is 2. The molecule has 4 rings (SSSR count). The number of nitro benzene ring substituents is 1. The third-order valence-corrected chi connectivity index (χ3v) is 5.93. The summed E-state index contributed by atoms with van der Waals surface area (Å²) in [6.45, 7) is 2.14. The molecule has 1 amide bonds. The van der Waals surface area contributed by atoms with Gasteiger partial charge in [0.1, 0.15) is 18.0 Å². The third-order valence-electron chi connectivity index (χ3n) is 4.95. The summed E-state index contributed by atoms with van der Waals surface area (Å²) in [7, 11) is 0. The van der Waals surface area contributed by atoms with Gasteiger partial charge in [-0.25, -0.2) is 0 Å². The lowest BCUT2D eigenvalue weighted by molar-refractivity contribution is -0.384. The van der Waals surface area contributed by atoms with Crippen LogP contribution in [-0.4, -0.2) is 10.8 Å². The lowest BCUT2D eigenvalue weighted by atomic mass is 10.1. The molecule has 0 fully saturated rings. The molecule has 0 bridgehead atoms. The van der Waals surface area contributed by atoms with Crippen LogP contribution in [0.15, 0.2) is 47.8 Å². The number of nitro groups is 1. The Kier molecular flexibility index (Phi) is 5.31. The Balaban J connectivity index is 1.41. The zero-order chi connectivity index (χ0) is 20.4. The second-order valence-corrected chi connectivity index (χ2v) is 8.04. The molecule has 2 aromatic carbocycles. The Labute approximate surface area is 172 Å². The van der Waals surface area contributed by atoms with Crippen LogP contribution < -0.4 is 10.1 Å². The number of thiophene rings is 1. The lowest BCUT2D eigenvalue weighted by Crippen LogP contribution is -2.11. The fourth-order valence-electron chi connectivity index (χ4n) is 3.46. The molecule has 0 spiro atoms. The number of nitrogens with one attached hydrogen (secondary N) is 1. The number of amides is 1. The maximum absolute atomic E-state index is 12.5. The molecule has 1 aromatic heterocycles. The van der Waals surface area contributed by atoms with Gasteiger partial charge in [0.2, 0.25) is 0 Å². The summed E-state index contributed by atoms with van der Waals surface area (Å²) in [6, 6.07) is 12.7. The van der Waals surface area contributed by atoms with Gasteiger partial charge in [-0.05, 0) is 72.5 Å². The summed E-state index contributed by atoms with van der Waals surface area (Å²) in [5.41, 5.74) is 4.48. The van der Waals surface area contributed by atoms with Crippen molar-refractivity contribution >= 4 is 28.6 Å². The highest BCUT2D eigenvalue weighted by Gasteiger charge is 2.18. The predicted octanol–water partition coefficient (Wildman–Crippen LogP) is 5.28. The fraction of sp³-hybridized carbons (Fsp3) is 0.227. The molecular formula is C22H20N2O4S. The van der Waals surface area contributed by atoms with E-state index in [0.717, 1.165) is 29.7 Å². The second-order valence-electron chi connectivity index (χ2n) is 7.12. The number of hydrogen-bond donors (Lipinski definition) is 1. The van der Waals surface area contributed by atoms with Crippen molar-refractivity contribution < 1.29 is 14.5 Å². The van der Waals surface area contributed by atoms with E-state index in [9.17, 15) is 14.9 Å². The quantitative estimate of drug-likeness (QED) is 0.444. The smallest absolute Gasteiger partial charge is 0.293 e. The van der Waals surface area contributed by atoms with Gasteiger partial charge in [0, 0.05) is 11.6 Å². The molecule has 0 saturated carbocycles. The van der Waals surface area contributed by atoms with E-state index in [1.54, 1.807) is 25.1 Å². The number of carbonyl (C=O) groups is 1. The van der Waals surface area contributed by atoms with Crippen LogP contribution >= 0.6 is 11.3 Å². The van der Waals surface area contributed by atoms with Crippen LogP contribution in [-0.2, 0) is 19.4 Å². The number of fused-ring (bicyclic) bond motifs is 1. The molecule has 0 unspecified atom stereocenters. The minimum atomic E-state index is -0.493. The Morgan fingerprint density at radius 1 is 1.17 bits per heavy atom. The summed E-state index contributed by atoms with van der Waals surface area (Å²) < 4.78 is 5.88. The number of rotatable bonds is 6. The van der Waals surface area contributed by atoms with Crippen LogP contribution in [0.3, 0.4) is 0 Å². The van der Waals surface area contributed by atoms with E-state index in [1.165, 1.54) is 35.0 Å². The molecule has 7 heteroatoms. The van der Waals surface area contributed by atoms with Gasteiger partial charge < -0.3 is 10.1 Å². The molecule has 0 aliphatic heterocycles. The molecule has 0 saturated heterocycles. The number of ether oxygens (including phenoxy) is 1. The van der Waals surface area contributed by atoms with E-state index < -0.39 is 4.92 Å². The summed E-state index contributed by atoms with van der Waals surface area (Å²) in [4.78, 5) is 23.7. The first-order valence-corrected chi connectivity index (χ1v) is 10.3. The van der Waals surface area contributed by atoms with Crippen molar-refractivity contribution in [3.63, 3.8) is 0 Å². The number of nitrogens with zero attached hydrogens (tertiary/aromatic N) is 1. The molecule has 148 valence electrons. The van der Waals surface area contributed by atoms with Gasteiger partial charge in [0.15, 0.2) is 0 Å². The molecule has 1 heterocycles. The van der Waals surface area contributed by atoms with Crippen LogP contribution in [0, 0.1) is 17.0 Å². The molecule has 0 radical (unpaired) electrons. The van der Waals surface area contributed by atoms with Gasteiger partial charge in [-0.2, -0.15) is 0 Å². The highest BCUT2D eigenvalue weighted by molar-refractivity contribution is 7.12. The second kappa shape index (κ2) is 8.05. The van der Waals surface area contributed by atoms with Crippen molar-refractivity contribution in [1.29, 1.82) is 0 Å². The number of aryl methyl sites for hydroxylation is 3. The SMILES string of the molecule is Cc1ccc(NC(=O)c2cc(COc3ccc4c(c3)CCC4)cs2)c([N+](=O)[O-])c1. The lowest BCUT2D eigenvalue weighted by Gasteiger charge is -2.07. The average molecular weight is 408 g/mol. The van der Waals surface area contributed by atoms with Gasteiger partial charge in [0.05, 0.1) is 9.80 Å². The Morgan fingerprint density at radius 3 is 2.83 bits per heavy atom. The average Bonchev–Trinajstić information content (AvgIpc) is 3.36. The Bertz CT molecular complexity index is 1090. The summed E-state index contributed by atoms with van der Waals surface area (Å²) in [5, 5.41) is 15.7. The van der Waals surface area contributed by atoms with Gasteiger partial charge in [-0.1, -0.05) is 12.1 Å². The van der Waals surface area contributed by atoms with Crippen molar-refractivity contribution in [3.05, 3.63) is 85.1 Å². The molecule has 0 atom stereocenters. The molecule has 1 N–H and O–H groups in total. The largest absolute Gasteiger partial charge is 0.489 e. The van der Waals surface area contributed by atoms with Crippen molar-refractivity contribution in [1.82, 2.24) is 0 Å². The van der Waals surface area contributed by atoms with Gasteiger partial charge in [-0.3, -0.25) is 14.9 Å². The van der Waals surface area contributed by atoms with Crippen LogP contribution in [0.1, 0.15) is 38.3 Å². The van der Waals surface area contributed by atoms with Gasteiger partial charge >= 0.3 is 0 Å². The molecule has 29 heavy (non-hydrogen) atoms. The van der Waals surface area contributed by atoms with Crippen molar-refractivity contribution in [2.24, 2.45) is 0 Å². The maximum Gasteiger partial charge on any atom is 0.293 e. The van der Waals surface area contributed by atoms with Crippen molar-refractivity contribution in [3.8, 4) is 5.75 Å². The highest BCUT2D eigenvalue weighted by atomic mass is 32.1. The Morgan fingerprint density at radius 2 is 2.00 bits per heavy atom. The number of anilines is 1. The summed E-state index contributed by atoms with van der Waals surface area (Å²) in [5.74, 6) is 0.462. The van der Waals surface area contributed by atoms with E-state index in [1.807, 2.05) is 11.4 Å². The first-order chi connectivity index (χ1) is 14.0. The number of hydrogen-bond acceptors (Lipinski definition) is 5. The summed E-state index contributed by atoms with van der Waals surface area (Å²) >= 11 is 1.29. The third kappa shape index (κ3) is 4.30. The molecular weight excluding hydrogens is 388 g/mol. The van der Waals surface area contributed by atoms with Crippen LogP contribution in [0.2, 0.25) is 0 Å². The van der Waals surface area contributed by atoms with Gasteiger partial charge in [0.25, 0.3) is 11.6 Å². The van der Waals surface area contributed by atoms with Crippen molar-refractivity contribution in [2.45, 2.75) is 32.8 Å². The minimum absolute atomic E-state index is 0.116. The monoisotopic (exact) mass is 408 g/mol. The standard InChI is InChI=1S/C22H20N2O4S/c1-14-5-8-19(20(9-14)24(26)27)23-22(25)21-10-15(13-29-21)12-28-18-7-6-16-3-2-4-17(16)11-18/h5-11,13H,2-4,12H2,1H3,(H,23,25). The van der Waals surface area contributed by atoms with E-state index in [-0.39, 0.29) is 17.3 Å². The van der Waals surface area contributed by atoms with E-state index in [4.69, 9.17) is 4.74 Å². The number of carbonyl (C=O) groups excluding carboxylic acids is 1. The van der Waals surface area contributed by atoms with Crippen LogP contribution in [0.5, 0.6) is 5.75 Å². The predicted molar refractivity (Wildman–Crippen MR) is 113 cm³/mol. The molecule has 3 aromatic rings. The van der Waals surface area contributed by atoms with Gasteiger partial charge in [-0.15, -0.1) is 11.3 Å². The topological polar surface area (TPSA) is 81.5 Å². The zero-order valence-electron chi connectivity index (χ0n) is 15.9. The minimum Gasteiger partial charge on any atom is -0.489 e. The normalized spacial score (nSPS) is 12.4. The van der Waals surface area contributed by atoms with Crippen LogP contribution in [0.25, 0.3) is 0 Å². The summed E-state index contributed by atoms with van der Waals surface area (Å²) in [6.07, 6.45) is 3.43.